The number of thioether (sulfide) groups is 1. The third kappa shape index (κ3) is 15.3. The number of hydrogen-bond donors (Lipinski definition) is 2. The molecule has 0 aliphatic carbocycles. The maximum Gasteiger partial charge on any atom is 0.331 e. The van der Waals surface area contributed by atoms with Crippen molar-refractivity contribution in [2.75, 3.05) is 39.9 Å². The molecule has 482 valence electrons. The summed E-state index contributed by atoms with van der Waals surface area (Å²) in [7, 11) is 3.12. The lowest BCUT2D eigenvalue weighted by Crippen LogP contribution is -2.69. The highest BCUT2D eigenvalue weighted by atomic mass is 32.2. The van der Waals surface area contributed by atoms with Gasteiger partial charge in [-0.2, -0.15) is 5.26 Å². The number of ether oxygens (including phenoxy) is 8. The van der Waals surface area contributed by atoms with Gasteiger partial charge in [0.2, 0.25) is 6.79 Å². The van der Waals surface area contributed by atoms with Gasteiger partial charge in [-0.25, -0.2) is 4.79 Å². The van der Waals surface area contributed by atoms with Gasteiger partial charge in [0.05, 0.1) is 37.6 Å². The van der Waals surface area contributed by atoms with Crippen LogP contribution in [0.1, 0.15) is 262 Å². The number of hydrogen-bond acceptors (Lipinski definition) is 17. The van der Waals surface area contributed by atoms with E-state index < -0.39 is 52.9 Å². The van der Waals surface area contributed by atoms with Crippen molar-refractivity contribution in [2.45, 2.75) is 268 Å². The molecule has 88 heavy (non-hydrogen) atoms. The Morgan fingerprint density at radius 2 is 1.25 bits per heavy atom. The SMILES string of the molecule is CCCCCCCCCCCCCCCC(=O)Oc1cc2c(cc1OC)[C@@]1(CS[C@@H]3c4c(OC(C)=O)c(C)c5c(c4[C@H](COC1=O)N1C3[C@@H]3N[C@@H](Cc4cc(C)c(OC)c(OC(=O)CCCCCCCCCCCCCCC)c43)[C@@H]1C#N)OCO5)NCC2. The zero-order valence-corrected chi connectivity index (χ0v) is 54.8. The van der Waals surface area contributed by atoms with Crippen molar-refractivity contribution in [3.05, 3.63) is 62.7 Å². The summed E-state index contributed by atoms with van der Waals surface area (Å²) >= 11 is 1.49. The summed E-state index contributed by atoms with van der Waals surface area (Å²) in [5.74, 6) is 0.983. The lowest BCUT2D eigenvalue weighted by Gasteiger charge is -2.59. The van der Waals surface area contributed by atoms with Crippen molar-refractivity contribution < 1.29 is 57.1 Å². The molecule has 4 bridgehead atoms. The molecule has 7 atom stereocenters. The first-order valence-corrected chi connectivity index (χ1v) is 34.9. The summed E-state index contributed by atoms with van der Waals surface area (Å²) < 4.78 is 50.4. The molecular formula is C71H100N4O12S. The van der Waals surface area contributed by atoms with E-state index in [2.05, 4.69) is 41.5 Å². The van der Waals surface area contributed by atoms with Gasteiger partial charge in [0, 0.05) is 66.4 Å². The fraction of sp³-hybridized carbons (Fsp3) is 0.676. The average molecular weight is 1230 g/mol. The molecule has 17 heteroatoms. The molecule has 1 spiro atoms. The topological polar surface area (TPSA) is 193 Å². The van der Waals surface area contributed by atoms with E-state index in [1.165, 1.54) is 148 Å². The fourth-order valence-electron chi connectivity index (χ4n) is 14.8. The molecule has 0 radical (unpaired) electrons. The van der Waals surface area contributed by atoms with Gasteiger partial charge < -0.3 is 43.2 Å². The predicted molar refractivity (Wildman–Crippen MR) is 342 cm³/mol. The van der Waals surface area contributed by atoms with Crippen LogP contribution in [0.5, 0.6) is 40.2 Å². The number of aryl methyl sites for hydroxylation is 1. The number of benzene rings is 3. The van der Waals surface area contributed by atoms with E-state index in [1.54, 1.807) is 13.2 Å². The van der Waals surface area contributed by atoms with E-state index in [-0.39, 0.29) is 43.9 Å². The van der Waals surface area contributed by atoms with Gasteiger partial charge in [-0.15, -0.1) is 11.8 Å². The molecular weight excluding hydrogens is 1130 g/mol. The van der Waals surface area contributed by atoms with Crippen LogP contribution in [0.15, 0.2) is 18.2 Å². The second-order valence-corrected chi connectivity index (χ2v) is 26.7. The number of carbonyl (C=O) groups is 4. The Bertz CT molecular complexity index is 2940. The molecule has 0 saturated carbocycles. The van der Waals surface area contributed by atoms with Crippen LogP contribution in [0.4, 0.5) is 0 Å². The maximum atomic E-state index is 15.4. The number of carbonyl (C=O) groups excluding carboxylic acids is 4. The highest BCUT2D eigenvalue weighted by Crippen LogP contribution is 2.64. The molecule has 3 aromatic rings. The molecule has 2 saturated heterocycles. The van der Waals surface area contributed by atoms with E-state index in [0.717, 1.165) is 60.8 Å². The zero-order valence-electron chi connectivity index (χ0n) is 53.9. The Labute approximate surface area is 528 Å². The van der Waals surface area contributed by atoms with Gasteiger partial charge in [-0.3, -0.25) is 24.6 Å². The molecule has 10 rings (SSSR count). The first kappa shape index (κ1) is 66.9. The molecule has 7 aliphatic heterocycles. The Morgan fingerprint density at radius 3 is 1.82 bits per heavy atom. The molecule has 0 aromatic heterocycles. The van der Waals surface area contributed by atoms with Gasteiger partial charge in [0.25, 0.3) is 0 Å². The molecule has 0 amide bonds. The van der Waals surface area contributed by atoms with Gasteiger partial charge in [0.1, 0.15) is 18.4 Å². The quantitative estimate of drug-likeness (QED) is 0.0332. The number of esters is 4. The Balaban J connectivity index is 0.990. The van der Waals surface area contributed by atoms with Crippen molar-refractivity contribution in [3.8, 4) is 46.3 Å². The second kappa shape index (κ2) is 32.5. The number of rotatable bonds is 33. The number of nitrogens with zero attached hydrogens (tertiary/aromatic N) is 2. The van der Waals surface area contributed by atoms with Crippen molar-refractivity contribution >= 4 is 35.6 Å². The fourth-order valence-corrected chi connectivity index (χ4v) is 16.5. The third-order valence-electron chi connectivity index (χ3n) is 19.3. The van der Waals surface area contributed by atoms with Gasteiger partial charge >= 0.3 is 23.9 Å². The maximum absolute atomic E-state index is 15.4. The molecule has 1 unspecified atom stereocenters. The third-order valence-corrected chi connectivity index (χ3v) is 20.8. The highest BCUT2D eigenvalue weighted by Gasteiger charge is 2.60. The zero-order chi connectivity index (χ0) is 62.2. The van der Waals surface area contributed by atoms with Crippen LogP contribution in [0.25, 0.3) is 0 Å². The Hall–Kier alpha value is -5.54. The summed E-state index contributed by atoms with van der Waals surface area (Å²) in [6.45, 7) is 9.79. The van der Waals surface area contributed by atoms with Crippen LogP contribution in [0.2, 0.25) is 0 Å². The predicted octanol–water partition coefficient (Wildman–Crippen LogP) is 15.0. The second-order valence-electron chi connectivity index (χ2n) is 25.6. The number of methoxy groups -OCH3 is 2. The smallest absolute Gasteiger partial charge is 0.331 e. The van der Waals surface area contributed by atoms with E-state index >= 15 is 4.79 Å². The van der Waals surface area contributed by atoms with Gasteiger partial charge in [-0.1, -0.05) is 174 Å². The van der Waals surface area contributed by atoms with Crippen LogP contribution in [-0.4, -0.2) is 86.8 Å². The van der Waals surface area contributed by atoms with Crippen molar-refractivity contribution in [1.82, 2.24) is 15.5 Å². The standard InChI is InChI=1S/C71H100N4O12S/c1-8-10-12-14-16-18-20-22-24-26-28-30-32-34-57(77)86-56-40-49-36-37-73-71(51(49)41-55(56)80-6)44-88-69-61-60(67-66(83-45-84-67)47(4)65(61)85-48(5)76)54(43-82-70(71)79)75-53(42-72)52-39-50-38-46(3)64(81-7)68(59(50)62(74-52)63(69)75)87-58(78)35-33-31-29-27-25-23-21-19-17-15-13-11-9-2/h38,40-41,52-54,62-63,69,73-74H,8-37,39,43-45H2,1-7H3/t52-,53-,54-,62+,63?,69+,71+/m0/s1. The van der Waals surface area contributed by atoms with Crippen molar-refractivity contribution in [3.63, 3.8) is 0 Å². The van der Waals surface area contributed by atoms with Crippen LogP contribution in [0, 0.1) is 25.2 Å². The summed E-state index contributed by atoms with van der Waals surface area (Å²) in [5, 5.41) is 18.4. The molecule has 7 heterocycles. The Kier molecular flexibility index (Phi) is 24.7. The number of nitrogens with one attached hydrogen (secondary N) is 2. The summed E-state index contributed by atoms with van der Waals surface area (Å²) in [5.41, 5.74) is 4.38. The van der Waals surface area contributed by atoms with Gasteiger partial charge in [-0.05, 0) is 73.9 Å². The minimum Gasteiger partial charge on any atom is -0.493 e. The van der Waals surface area contributed by atoms with E-state index in [4.69, 9.17) is 37.9 Å². The van der Waals surface area contributed by atoms with Crippen LogP contribution >= 0.6 is 11.8 Å². The number of nitriles is 1. The van der Waals surface area contributed by atoms with Gasteiger partial charge in [0.15, 0.2) is 40.0 Å². The van der Waals surface area contributed by atoms with E-state index in [9.17, 15) is 19.6 Å². The first-order valence-electron chi connectivity index (χ1n) is 33.8. The lowest BCUT2D eigenvalue weighted by molar-refractivity contribution is -0.155. The number of fused-ring (bicyclic) bond motifs is 9. The number of piperazine rings is 1. The summed E-state index contributed by atoms with van der Waals surface area (Å²) in [6, 6.07) is 5.23. The number of unbranched alkanes of at least 4 members (excludes halogenated alkanes) is 24. The molecule has 2 N–H and O–H groups in total. The van der Waals surface area contributed by atoms with E-state index in [1.807, 2.05) is 19.9 Å². The first-order chi connectivity index (χ1) is 42.9. The monoisotopic (exact) mass is 1230 g/mol. The molecule has 16 nitrogen and oxygen atoms in total. The van der Waals surface area contributed by atoms with E-state index in [0.29, 0.717) is 88.3 Å². The average Bonchev–Trinajstić information content (AvgIpc) is 0.949. The minimum absolute atomic E-state index is 0.0860. The summed E-state index contributed by atoms with van der Waals surface area (Å²) in [6.07, 6.45) is 32.8. The lowest BCUT2D eigenvalue weighted by atomic mass is 9.72. The van der Waals surface area contributed by atoms with Crippen LogP contribution in [-0.2, 0) is 42.3 Å². The minimum atomic E-state index is -1.45. The highest BCUT2D eigenvalue weighted by molar-refractivity contribution is 7.99. The van der Waals surface area contributed by atoms with Crippen LogP contribution < -0.4 is 43.8 Å². The summed E-state index contributed by atoms with van der Waals surface area (Å²) in [4.78, 5) is 58.8. The Morgan fingerprint density at radius 1 is 0.670 bits per heavy atom. The normalized spacial score (nSPS) is 22.2. The molecule has 7 aliphatic rings. The van der Waals surface area contributed by atoms with Crippen molar-refractivity contribution in [2.24, 2.45) is 0 Å². The molecule has 3 aromatic carbocycles. The van der Waals surface area contributed by atoms with Crippen LogP contribution in [0.3, 0.4) is 0 Å². The molecule has 2 fully saturated rings. The largest absolute Gasteiger partial charge is 0.493 e. The van der Waals surface area contributed by atoms with Crippen molar-refractivity contribution in [1.29, 1.82) is 5.26 Å².